The van der Waals surface area contributed by atoms with E-state index in [-0.39, 0.29) is 22.8 Å². The molecule has 2 aliphatic heterocycles. The maximum atomic E-state index is 14.3. The minimum Gasteiger partial charge on any atom is -0.366 e. The highest BCUT2D eigenvalue weighted by atomic mass is 32.2. The van der Waals surface area contributed by atoms with Gasteiger partial charge in [0.2, 0.25) is 0 Å². The number of thiocarbonyl (C=S) groups is 1. The highest BCUT2D eigenvalue weighted by molar-refractivity contribution is 8.26. The molecule has 0 unspecified atom stereocenters. The lowest BCUT2D eigenvalue weighted by Crippen LogP contribution is -2.48. The topological polar surface area (TPSA) is 72.6 Å². The molecule has 0 spiro atoms. The number of amides is 1. The lowest BCUT2D eigenvalue weighted by atomic mass is 10.0. The van der Waals surface area contributed by atoms with Crippen LogP contribution in [0.3, 0.4) is 0 Å². The van der Waals surface area contributed by atoms with Gasteiger partial charge in [-0.2, -0.15) is 5.26 Å². The average molecular weight is 484 g/mol. The summed E-state index contributed by atoms with van der Waals surface area (Å²) in [5.74, 6) is 0.146. The SMILES string of the molecule is Cc1c(/C=C2\SC(=S)N(C)C2=O)c(N2CCN(c3ccccc3F)CC2)n(C)c(=O)c1C#N. The molecule has 2 aliphatic rings. The Balaban J connectivity index is 1.75. The Hall–Kier alpha value is -3.16. The summed E-state index contributed by atoms with van der Waals surface area (Å²) in [6.45, 7) is 3.93. The summed E-state index contributed by atoms with van der Waals surface area (Å²) in [5.41, 5.74) is 1.37. The van der Waals surface area contributed by atoms with E-state index >= 15 is 0 Å². The third-order valence-electron chi connectivity index (χ3n) is 6.00. The van der Waals surface area contributed by atoms with Crippen LogP contribution in [-0.2, 0) is 11.8 Å². The monoisotopic (exact) mass is 483 g/mol. The van der Waals surface area contributed by atoms with Crippen molar-refractivity contribution in [2.45, 2.75) is 6.92 Å². The first kappa shape index (κ1) is 23.0. The Morgan fingerprint density at radius 2 is 1.76 bits per heavy atom. The lowest BCUT2D eigenvalue weighted by Gasteiger charge is -2.38. The van der Waals surface area contributed by atoms with Crippen molar-refractivity contribution in [2.24, 2.45) is 7.05 Å². The Morgan fingerprint density at radius 1 is 1.12 bits per heavy atom. The van der Waals surface area contributed by atoms with Crippen molar-refractivity contribution in [1.29, 1.82) is 5.26 Å². The van der Waals surface area contributed by atoms with Gasteiger partial charge in [-0.15, -0.1) is 0 Å². The number of aromatic nitrogens is 1. The molecule has 2 saturated heterocycles. The molecule has 2 fully saturated rings. The Kier molecular flexibility index (Phi) is 6.28. The molecular weight excluding hydrogens is 461 g/mol. The van der Waals surface area contributed by atoms with Gasteiger partial charge in [0.05, 0.1) is 10.6 Å². The van der Waals surface area contributed by atoms with Crippen molar-refractivity contribution in [1.82, 2.24) is 9.47 Å². The molecule has 0 aliphatic carbocycles. The molecule has 0 N–H and O–H groups in total. The third-order valence-corrected chi connectivity index (χ3v) is 7.49. The molecule has 0 saturated carbocycles. The first-order valence-corrected chi connectivity index (χ1v) is 11.6. The van der Waals surface area contributed by atoms with E-state index in [2.05, 4.69) is 0 Å². The van der Waals surface area contributed by atoms with Crippen LogP contribution in [-0.4, -0.2) is 52.9 Å². The zero-order chi connectivity index (χ0) is 23.9. The molecule has 1 amide bonds. The Morgan fingerprint density at radius 3 is 2.33 bits per heavy atom. The normalized spacial score (nSPS) is 17.8. The standard InChI is InChI=1S/C23H22FN5O2S2/c1-14-15(12-19-22(31)27(3)23(32)33-19)20(26(2)21(30)16(14)13-25)29-10-8-28(9-11-29)18-7-5-4-6-17(18)24/h4-7,12H,8-11H2,1-3H3/b19-12-. The third kappa shape index (κ3) is 4.03. The minimum absolute atomic E-state index is 0.0458. The number of likely N-dealkylation sites (N-methyl/N-ethyl adjacent to an activating group) is 1. The van der Waals surface area contributed by atoms with Crippen LogP contribution in [0.5, 0.6) is 0 Å². The van der Waals surface area contributed by atoms with Crippen molar-refractivity contribution in [3.05, 3.63) is 62.0 Å². The van der Waals surface area contributed by atoms with Crippen LogP contribution >= 0.6 is 24.0 Å². The molecule has 0 radical (unpaired) electrons. The summed E-state index contributed by atoms with van der Waals surface area (Å²) in [6.07, 6.45) is 1.72. The summed E-state index contributed by atoms with van der Waals surface area (Å²) < 4.78 is 16.2. The van der Waals surface area contributed by atoms with Gasteiger partial charge in [0.15, 0.2) is 0 Å². The Labute approximate surface area is 200 Å². The number of thioether (sulfide) groups is 1. The lowest BCUT2D eigenvalue weighted by molar-refractivity contribution is -0.121. The van der Waals surface area contributed by atoms with Crippen molar-refractivity contribution >= 4 is 51.8 Å². The van der Waals surface area contributed by atoms with E-state index in [1.54, 1.807) is 45.3 Å². The van der Waals surface area contributed by atoms with Gasteiger partial charge in [-0.3, -0.25) is 19.1 Å². The van der Waals surface area contributed by atoms with Crippen LogP contribution in [0.1, 0.15) is 16.7 Å². The van der Waals surface area contributed by atoms with E-state index in [1.165, 1.54) is 27.3 Å². The number of carbonyl (C=O) groups excluding carboxylic acids is 1. The average Bonchev–Trinajstić information content (AvgIpc) is 3.05. The van der Waals surface area contributed by atoms with Gasteiger partial charge in [-0.25, -0.2) is 4.39 Å². The van der Waals surface area contributed by atoms with Gasteiger partial charge in [-0.1, -0.05) is 36.1 Å². The number of hydrogen-bond acceptors (Lipinski definition) is 7. The summed E-state index contributed by atoms with van der Waals surface area (Å²) in [5, 5.41) is 9.59. The largest absolute Gasteiger partial charge is 0.366 e. The highest BCUT2D eigenvalue weighted by Crippen LogP contribution is 2.35. The summed E-state index contributed by atoms with van der Waals surface area (Å²) >= 11 is 6.43. The predicted molar refractivity (Wildman–Crippen MR) is 133 cm³/mol. The maximum absolute atomic E-state index is 14.3. The van der Waals surface area contributed by atoms with E-state index in [9.17, 15) is 19.2 Å². The second-order valence-corrected chi connectivity index (χ2v) is 9.56. The van der Waals surface area contributed by atoms with E-state index in [0.29, 0.717) is 58.0 Å². The number of halogens is 1. The number of rotatable bonds is 3. The molecule has 4 rings (SSSR count). The van der Waals surface area contributed by atoms with Gasteiger partial charge in [0.1, 0.15) is 27.6 Å². The van der Waals surface area contributed by atoms with E-state index < -0.39 is 0 Å². The van der Waals surface area contributed by atoms with Crippen molar-refractivity contribution in [2.75, 3.05) is 43.0 Å². The summed E-state index contributed by atoms with van der Waals surface area (Å²) in [6, 6.07) is 8.67. The molecular formula is C23H22FN5O2S2. The maximum Gasteiger partial charge on any atom is 0.270 e. The molecule has 170 valence electrons. The zero-order valence-electron chi connectivity index (χ0n) is 18.5. The molecule has 3 heterocycles. The summed E-state index contributed by atoms with van der Waals surface area (Å²) in [7, 11) is 3.25. The molecule has 2 aromatic rings. The fraction of sp³-hybridized carbons (Fsp3) is 0.304. The first-order chi connectivity index (χ1) is 15.7. The number of benzene rings is 1. The van der Waals surface area contributed by atoms with Gasteiger partial charge < -0.3 is 9.80 Å². The molecule has 1 aromatic heterocycles. The molecule has 0 bridgehead atoms. The quantitative estimate of drug-likeness (QED) is 0.491. The number of pyridine rings is 1. The molecule has 33 heavy (non-hydrogen) atoms. The zero-order valence-corrected chi connectivity index (χ0v) is 20.1. The molecule has 7 nitrogen and oxygen atoms in total. The molecule has 1 aromatic carbocycles. The molecule has 10 heteroatoms. The second kappa shape index (κ2) is 9.00. The number of nitriles is 1. The number of anilines is 2. The predicted octanol–water partition coefficient (Wildman–Crippen LogP) is 2.86. The van der Waals surface area contributed by atoms with Crippen LogP contribution in [0.2, 0.25) is 0 Å². The first-order valence-electron chi connectivity index (χ1n) is 10.3. The van der Waals surface area contributed by atoms with Gasteiger partial charge in [0, 0.05) is 45.8 Å². The highest BCUT2D eigenvalue weighted by Gasteiger charge is 2.31. The summed E-state index contributed by atoms with van der Waals surface area (Å²) in [4.78, 5) is 31.4. The minimum atomic E-state index is -0.387. The fourth-order valence-corrected chi connectivity index (χ4v) is 5.30. The van der Waals surface area contributed by atoms with E-state index in [0.717, 1.165) is 0 Å². The number of piperazine rings is 1. The van der Waals surface area contributed by atoms with Crippen molar-refractivity contribution in [3.63, 3.8) is 0 Å². The van der Waals surface area contributed by atoms with Crippen molar-refractivity contribution < 1.29 is 9.18 Å². The van der Waals surface area contributed by atoms with E-state index in [4.69, 9.17) is 12.2 Å². The van der Waals surface area contributed by atoms with Gasteiger partial charge >= 0.3 is 0 Å². The van der Waals surface area contributed by atoms with Crippen LogP contribution in [0.4, 0.5) is 15.9 Å². The number of carbonyl (C=O) groups is 1. The van der Waals surface area contributed by atoms with Crippen molar-refractivity contribution in [3.8, 4) is 6.07 Å². The van der Waals surface area contributed by atoms with Gasteiger partial charge in [-0.05, 0) is 30.7 Å². The van der Waals surface area contributed by atoms with Crippen LogP contribution in [0.15, 0.2) is 34.0 Å². The fourth-order valence-electron chi connectivity index (χ4n) is 4.14. The molecule has 0 atom stereocenters. The number of nitrogens with zero attached hydrogens (tertiary/aromatic N) is 5. The van der Waals surface area contributed by atoms with E-state index in [1.807, 2.05) is 15.9 Å². The van der Waals surface area contributed by atoms with Crippen LogP contribution in [0.25, 0.3) is 6.08 Å². The van der Waals surface area contributed by atoms with Gasteiger partial charge in [0.25, 0.3) is 11.5 Å². The number of para-hydroxylation sites is 1. The second-order valence-electron chi connectivity index (χ2n) is 7.88. The number of hydrogen-bond donors (Lipinski definition) is 0. The smallest absolute Gasteiger partial charge is 0.270 e. The van der Waals surface area contributed by atoms with Crippen LogP contribution in [0, 0.1) is 24.1 Å². The van der Waals surface area contributed by atoms with Crippen LogP contribution < -0.4 is 15.4 Å². The Bertz CT molecular complexity index is 1290.